The second kappa shape index (κ2) is 12.1. The van der Waals surface area contributed by atoms with Crippen LogP contribution in [-0.4, -0.2) is 89.7 Å². The van der Waals surface area contributed by atoms with E-state index in [2.05, 4.69) is 10.1 Å². The molecule has 0 aromatic carbocycles. The lowest BCUT2D eigenvalue weighted by molar-refractivity contribution is -0.887. The van der Waals surface area contributed by atoms with E-state index in [0.717, 1.165) is 18.5 Å². The van der Waals surface area contributed by atoms with E-state index < -0.39 is 20.1 Å². The fourth-order valence-electron chi connectivity index (χ4n) is 5.36. The minimum atomic E-state index is -3.91. The van der Waals surface area contributed by atoms with E-state index in [1.54, 1.807) is 26.1 Å². The molecule has 1 aliphatic carbocycles. The van der Waals surface area contributed by atoms with Gasteiger partial charge in [0.25, 0.3) is 5.56 Å². The highest BCUT2D eigenvalue weighted by molar-refractivity contribution is 7.93. The summed E-state index contributed by atoms with van der Waals surface area (Å²) in [6, 6.07) is 0. The summed E-state index contributed by atoms with van der Waals surface area (Å²) in [7, 11) is -2.20. The van der Waals surface area contributed by atoms with Gasteiger partial charge in [0.1, 0.15) is 30.2 Å². The zero-order valence-electron chi connectivity index (χ0n) is 24.2. The van der Waals surface area contributed by atoms with Gasteiger partial charge in [0.2, 0.25) is 10.0 Å². The van der Waals surface area contributed by atoms with Crippen LogP contribution in [0, 0.1) is 5.21 Å². The molecule has 40 heavy (non-hydrogen) atoms. The van der Waals surface area contributed by atoms with Gasteiger partial charge in [-0.15, -0.1) is 0 Å². The van der Waals surface area contributed by atoms with E-state index >= 15 is 0 Å². The molecule has 1 atom stereocenters. The van der Waals surface area contributed by atoms with Crippen LogP contribution in [0.5, 0.6) is 0 Å². The molecule has 13 heteroatoms. The number of aromatic amines is 1. The SMILES string of the molecule is CCCOC1=CC=C(S(=O)(=O)N(CC)CC[N+]2([O-])CCOCC2)CC1(C)c1nc2c(CCC)nn(C)c2c(=O)[nH]1. The Labute approximate surface area is 235 Å². The number of aryl methyl sites for hydroxylation is 2. The molecule has 1 fully saturated rings. The molecule has 12 nitrogen and oxygen atoms in total. The first-order valence-corrected chi connectivity index (χ1v) is 15.6. The van der Waals surface area contributed by atoms with Crippen molar-refractivity contribution in [1.29, 1.82) is 0 Å². The number of rotatable bonds is 12. The van der Waals surface area contributed by atoms with Crippen LogP contribution in [0.1, 0.15) is 58.5 Å². The van der Waals surface area contributed by atoms with Crippen LogP contribution >= 0.6 is 0 Å². The molecule has 0 bridgehead atoms. The summed E-state index contributed by atoms with van der Waals surface area (Å²) in [6.45, 7) is 9.96. The normalized spacial score (nSPS) is 21.5. The minimum Gasteiger partial charge on any atom is -0.633 e. The van der Waals surface area contributed by atoms with Crippen molar-refractivity contribution in [3.05, 3.63) is 49.9 Å². The molecule has 0 spiro atoms. The number of H-pyrrole nitrogens is 1. The zero-order valence-corrected chi connectivity index (χ0v) is 25.1. The monoisotopic (exact) mass is 578 g/mol. The summed E-state index contributed by atoms with van der Waals surface area (Å²) < 4.78 is 41.6. The Balaban J connectivity index is 1.71. The van der Waals surface area contributed by atoms with Crippen molar-refractivity contribution in [2.24, 2.45) is 7.05 Å². The summed E-state index contributed by atoms with van der Waals surface area (Å²) in [5.74, 6) is 0.871. The van der Waals surface area contributed by atoms with Crippen molar-refractivity contribution in [3.63, 3.8) is 0 Å². The van der Waals surface area contributed by atoms with Crippen molar-refractivity contribution in [3.8, 4) is 0 Å². The molecule has 0 radical (unpaired) electrons. The highest BCUT2D eigenvalue weighted by Crippen LogP contribution is 2.42. The van der Waals surface area contributed by atoms with Crippen molar-refractivity contribution in [1.82, 2.24) is 24.1 Å². The van der Waals surface area contributed by atoms with Gasteiger partial charge >= 0.3 is 0 Å². The zero-order chi connectivity index (χ0) is 29.1. The number of nitrogens with one attached hydrogen (secondary N) is 1. The molecule has 0 saturated carbocycles. The number of hydroxylamine groups is 3. The molecule has 4 rings (SSSR count). The Kier molecular flexibility index (Phi) is 9.20. The second-order valence-electron chi connectivity index (χ2n) is 10.8. The Morgan fingerprint density at radius 3 is 2.60 bits per heavy atom. The second-order valence-corrected chi connectivity index (χ2v) is 12.8. The summed E-state index contributed by atoms with van der Waals surface area (Å²) in [4.78, 5) is 21.2. The number of ether oxygens (including phenoxy) is 2. The van der Waals surface area contributed by atoms with E-state index in [1.165, 1.54) is 8.99 Å². The van der Waals surface area contributed by atoms with Gasteiger partial charge in [-0.05, 0) is 31.9 Å². The van der Waals surface area contributed by atoms with Gasteiger partial charge in [-0.3, -0.25) is 9.48 Å². The average molecular weight is 579 g/mol. The third kappa shape index (κ3) is 5.89. The smallest absolute Gasteiger partial charge is 0.277 e. The summed E-state index contributed by atoms with van der Waals surface area (Å²) in [5.41, 5.74) is 0.241. The molecule has 1 aliphatic heterocycles. The number of allylic oxidation sites excluding steroid dienone is 4. The molecular weight excluding hydrogens is 536 g/mol. The van der Waals surface area contributed by atoms with Gasteiger partial charge in [-0.2, -0.15) is 9.40 Å². The molecule has 1 N–H and O–H groups in total. The van der Waals surface area contributed by atoms with Crippen LogP contribution in [0.3, 0.4) is 0 Å². The molecule has 1 unspecified atom stereocenters. The minimum absolute atomic E-state index is 0.0460. The van der Waals surface area contributed by atoms with Gasteiger partial charge in [0, 0.05) is 20.0 Å². The molecule has 1 saturated heterocycles. The van der Waals surface area contributed by atoms with Gasteiger partial charge in [-0.1, -0.05) is 27.2 Å². The van der Waals surface area contributed by atoms with Gasteiger partial charge in [0.15, 0.2) is 5.52 Å². The first-order valence-electron chi connectivity index (χ1n) is 14.1. The third-order valence-electron chi connectivity index (χ3n) is 7.79. The highest BCUT2D eigenvalue weighted by Gasteiger charge is 2.43. The fourth-order valence-corrected chi connectivity index (χ4v) is 7.07. The average Bonchev–Trinajstić information content (AvgIpc) is 3.24. The maximum Gasteiger partial charge on any atom is 0.277 e. The lowest BCUT2D eigenvalue weighted by Crippen LogP contribution is -2.54. The van der Waals surface area contributed by atoms with Crippen LogP contribution in [-0.2, 0) is 38.4 Å². The van der Waals surface area contributed by atoms with Gasteiger partial charge < -0.3 is 24.3 Å². The van der Waals surface area contributed by atoms with E-state index in [9.17, 15) is 18.4 Å². The Morgan fingerprint density at radius 2 is 1.95 bits per heavy atom. The topological polar surface area (TPSA) is 142 Å². The maximum absolute atomic E-state index is 13.9. The van der Waals surface area contributed by atoms with E-state index in [0.29, 0.717) is 61.9 Å². The lowest BCUT2D eigenvalue weighted by Gasteiger charge is -2.45. The number of sulfonamides is 1. The van der Waals surface area contributed by atoms with Gasteiger partial charge in [-0.25, -0.2) is 13.4 Å². The number of morpholine rings is 1. The molecular formula is C27H42N6O6S. The third-order valence-corrected chi connectivity index (χ3v) is 9.86. The number of nitrogens with zero attached hydrogens (tertiary/aromatic N) is 5. The number of likely N-dealkylation sites (N-methyl/N-ethyl adjacent to an activating group) is 1. The number of hydrogen-bond acceptors (Lipinski definition) is 8. The summed E-state index contributed by atoms with van der Waals surface area (Å²) >= 11 is 0. The number of hydrogen-bond donors (Lipinski definition) is 1. The molecule has 2 aromatic rings. The van der Waals surface area contributed by atoms with Crippen molar-refractivity contribution in [2.75, 3.05) is 52.5 Å². The highest BCUT2D eigenvalue weighted by atomic mass is 32.2. The van der Waals surface area contributed by atoms with E-state index in [4.69, 9.17) is 14.5 Å². The molecule has 0 amide bonds. The van der Waals surface area contributed by atoms with Crippen molar-refractivity contribution < 1.29 is 22.5 Å². The summed E-state index contributed by atoms with van der Waals surface area (Å²) in [6.07, 6.45) is 5.55. The first kappa shape index (κ1) is 30.4. The van der Waals surface area contributed by atoms with Crippen LogP contribution in [0.15, 0.2) is 27.6 Å². The molecule has 2 aromatic heterocycles. The molecule has 222 valence electrons. The predicted molar refractivity (Wildman–Crippen MR) is 153 cm³/mol. The van der Waals surface area contributed by atoms with Crippen LogP contribution in [0.2, 0.25) is 0 Å². The predicted octanol–water partition coefficient (Wildman–Crippen LogP) is 2.46. The van der Waals surface area contributed by atoms with E-state index in [-0.39, 0.29) is 36.5 Å². The number of aromatic nitrogens is 4. The van der Waals surface area contributed by atoms with Gasteiger partial charge in [0.05, 0.1) is 48.9 Å². The Hall–Kier alpha value is -2.58. The van der Waals surface area contributed by atoms with Crippen LogP contribution < -0.4 is 5.56 Å². The lowest BCUT2D eigenvalue weighted by atomic mass is 9.80. The Bertz CT molecular complexity index is 1440. The molecule has 2 aliphatic rings. The first-order chi connectivity index (χ1) is 19.0. The quantitative estimate of drug-likeness (QED) is 0.299. The number of fused-ring (bicyclic) bond motifs is 1. The van der Waals surface area contributed by atoms with Crippen molar-refractivity contribution in [2.45, 2.75) is 58.8 Å². The fraction of sp³-hybridized carbons (Fsp3) is 0.667. The standard InChI is InChI=1S/C27H42N6O6S/c1-6-9-21-23-24(31(5)30-21)25(34)29-26(28-23)27(4)19-20(10-11-22(27)39-16-7-2)40(36,37)32(8-3)12-13-33(35)14-17-38-18-15-33/h10-11H,6-9,12-19H2,1-5H3,(H,28,29,34). The maximum atomic E-state index is 13.9. The van der Waals surface area contributed by atoms with Crippen molar-refractivity contribution >= 4 is 21.1 Å². The van der Waals surface area contributed by atoms with E-state index in [1.807, 2.05) is 20.8 Å². The van der Waals surface area contributed by atoms with Crippen LogP contribution in [0.25, 0.3) is 11.0 Å². The van der Waals surface area contributed by atoms with Crippen LogP contribution in [0.4, 0.5) is 0 Å². The largest absolute Gasteiger partial charge is 0.633 e. The number of quaternary nitrogens is 1. The Morgan fingerprint density at radius 1 is 1.23 bits per heavy atom. The molecule has 3 heterocycles. The summed E-state index contributed by atoms with van der Waals surface area (Å²) in [5, 5.41) is 17.5.